The fraction of sp³-hybridized carbons (Fsp3) is 0.214. The van der Waals surface area contributed by atoms with Crippen molar-refractivity contribution in [3.8, 4) is 17.6 Å². The molecule has 3 aromatic carbocycles. The van der Waals surface area contributed by atoms with E-state index in [0.717, 1.165) is 33.3 Å². The number of hydrogen-bond donors (Lipinski definition) is 0. The van der Waals surface area contributed by atoms with Gasteiger partial charge in [-0.15, -0.1) is 0 Å². The van der Waals surface area contributed by atoms with Crippen LogP contribution in [0.5, 0.6) is 11.5 Å². The Labute approximate surface area is 219 Å². The monoisotopic (exact) mass is 517 g/mol. The molecule has 6 nitrogen and oxygen atoms in total. The smallest absolute Gasteiger partial charge is 0.229 e. The van der Waals surface area contributed by atoms with Gasteiger partial charge in [-0.1, -0.05) is 47.6 Å². The minimum atomic E-state index is -0.265. The summed E-state index contributed by atoms with van der Waals surface area (Å²) in [4.78, 5) is 17.0. The maximum atomic E-state index is 13.2. The third kappa shape index (κ3) is 5.01. The summed E-state index contributed by atoms with van der Waals surface area (Å²) < 4.78 is 11.1. The first kappa shape index (κ1) is 24.1. The predicted octanol–water partition coefficient (Wildman–Crippen LogP) is 6.15. The van der Waals surface area contributed by atoms with E-state index in [4.69, 9.17) is 21.1 Å². The van der Waals surface area contributed by atoms with Crippen LogP contribution in [-0.4, -0.2) is 30.5 Å². The number of carbonyl (C=O) groups is 1. The summed E-state index contributed by atoms with van der Waals surface area (Å²) in [6, 6.07) is 25.4. The van der Waals surface area contributed by atoms with E-state index in [0.29, 0.717) is 29.7 Å². The maximum absolute atomic E-state index is 13.2. The summed E-state index contributed by atoms with van der Waals surface area (Å²) in [5.41, 5.74) is 3.61. The molecule has 36 heavy (non-hydrogen) atoms. The van der Waals surface area contributed by atoms with Crippen molar-refractivity contribution in [1.29, 1.82) is 5.26 Å². The maximum Gasteiger partial charge on any atom is 0.229 e. The molecule has 1 unspecified atom stereocenters. The number of halogens is 1. The third-order valence-electron chi connectivity index (χ3n) is 6.33. The Morgan fingerprint density at radius 3 is 2.39 bits per heavy atom. The van der Waals surface area contributed by atoms with Gasteiger partial charge in [0.1, 0.15) is 18.1 Å². The first-order chi connectivity index (χ1) is 17.6. The average molecular weight is 518 g/mol. The highest BCUT2D eigenvalue weighted by molar-refractivity contribution is 8.03. The van der Waals surface area contributed by atoms with Gasteiger partial charge in [0, 0.05) is 23.0 Å². The summed E-state index contributed by atoms with van der Waals surface area (Å²) in [5, 5.41) is 11.5. The Kier molecular flexibility index (Phi) is 7.08. The number of thioether (sulfide) groups is 1. The molecular formula is C28H24ClN3O3S. The normalized spacial score (nSPS) is 17.5. The number of amides is 1. The van der Waals surface area contributed by atoms with Gasteiger partial charge >= 0.3 is 0 Å². The Balaban J connectivity index is 1.30. The Morgan fingerprint density at radius 1 is 1.03 bits per heavy atom. The number of carbonyl (C=O) groups excluding carboxylic acids is 1. The van der Waals surface area contributed by atoms with Crippen LogP contribution < -0.4 is 14.4 Å². The van der Waals surface area contributed by atoms with Crippen LogP contribution in [-0.2, 0) is 11.4 Å². The SMILES string of the molecule is COc1ccc(N2CSC3=C(C#N)C(c4ccc(OCc5ccc(Cl)cc5)cc4)CC(=O)N3C2)cc1. The van der Waals surface area contributed by atoms with Crippen LogP contribution in [0.15, 0.2) is 83.4 Å². The van der Waals surface area contributed by atoms with E-state index in [-0.39, 0.29) is 18.2 Å². The summed E-state index contributed by atoms with van der Waals surface area (Å²) in [7, 11) is 1.64. The number of nitriles is 1. The van der Waals surface area contributed by atoms with Crippen molar-refractivity contribution >= 4 is 35.0 Å². The number of anilines is 1. The lowest BCUT2D eigenvalue weighted by Crippen LogP contribution is -2.47. The van der Waals surface area contributed by atoms with Gasteiger partial charge in [-0.3, -0.25) is 9.69 Å². The quantitative estimate of drug-likeness (QED) is 0.391. The molecule has 2 aliphatic rings. The lowest BCUT2D eigenvalue weighted by atomic mass is 9.86. The van der Waals surface area contributed by atoms with Crippen LogP contribution >= 0.6 is 23.4 Å². The second kappa shape index (κ2) is 10.6. The molecule has 0 saturated carbocycles. The zero-order chi connectivity index (χ0) is 25.1. The van der Waals surface area contributed by atoms with Crippen molar-refractivity contribution in [2.75, 3.05) is 24.6 Å². The summed E-state index contributed by atoms with van der Waals surface area (Å²) in [6.07, 6.45) is 0.258. The van der Waals surface area contributed by atoms with Crippen molar-refractivity contribution in [2.45, 2.75) is 18.9 Å². The molecule has 2 aliphatic heterocycles. The molecule has 0 bridgehead atoms. The molecule has 5 rings (SSSR count). The first-order valence-corrected chi connectivity index (χ1v) is 12.9. The predicted molar refractivity (Wildman–Crippen MR) is 142 cm³/mol. The van der Waals surface area contributed by atoms with Crippen molar-refractivity contribution in [3.05, 3.63) is 99.5 Å². The van der Waals surface area contributed by atoms with E-state index in [1.807, 2.05) is 72.8 Å². The molecule has 182 valence electrons. The van der Waals surface area contributed by atoms with E-state index in [2.05, 4.69) is 11.0 Å². The van der Waals surface area contributed by atoms with Crippen LogP contribution in [0.25, 0.3) is 0 Å². The second-order valence-corrected chi connectivity index (χ2v) is 9.92. The van der Waals surface area contributed by atoms with Crippen LogP contribution in [0.1, 0.15) is 23.5 Å². The van der Waals surface area contributed by atoms with Gasteiger partial charge in [-0.05, 0) is 59.7 Å². The molecular weight excluding hydrogens is 494 g/mol. The van der Waals surface area contributed by atoms with Gasteiger partial charge in [-0.25, -0.2) is 0 Å². The molecule has 0 radical (unpaired) electrons. The standard InChI is InChI=1S/C28H24ClN3O3S/c1-34-23-12-8-22(9-13-23)31-17-32-27(33)14-25(26(15-30)28(32)36-18-31)20-4-10-24(11-5-20)35-16-19-2-6-21(29)7-3-19/h2-13,25H,14,16-18H2,1H3. The highest BCUT2D eigenvalue weighted by Crippen LogP contribution is 2.43. The zero-order valence-corrected chi connectivity index (χ0v) is 21.3. The van der Waals surface area contributed by atoms with Crippen molar-refractivity contribution in [1.82, 2.24) is 4.90 Å². The van der Waals surface area contributed by atoms with Crippen LogP contribution in [0.4, 0.5) is 5.69 Å². The number of benzene rings is 3. The van der Waals surface area contributed by atoms with E-state index in [9.17, 15) is 10.1 Å². The van der Waals surface area contributed by atoms with Crippen LogP contribution in [0, 0.1) is 11.3 Å². The Bertz CT molecular complexity index is 1320. The molecule has 3 aromatic rings. The van der Waals surface area contributed by atoms with Gasteiger partial charge in [0.25, 0.3) is 0 Å². The van der Waals surface area contributed by atoms with Crippen molar-refractivity contribution in [3.63, 3.8) is 0 Å². The van der Waals surface area contributed by atoms with Gasteiger partial charge in [0.2, 0.25) is 5.91 Å². The molecule has 0 aliphatic carbocycles. The number of hydrogen-bond acceptors (Lipinski definition) is 6. The molecule has 0 N–H and O–H groups in total. The first-order valence-electron chi connectivity index (χ1n) is 11.5. The van der Waals surface area contributed by atoms with Gasteiger partial charge < -0.3 is 14.4 Å². The van der Waals surface area contributed by atoms with Crippen molar-refractivity contribution in [2.24, 2.45) is 0 Å². The molecule has 2 heterocycles. The minimum absolute atomic E-state index is 0.0165. The summed E-state index contributed by atoms with van der Waals surface area (Å²) in [5.74, 6) is 1.92. The molecule has 8 heteroatoms. The number of rotatable bonds is 6. The highest BCUT2D eigenvalue weighted by Gasteiger charge is 2.38. The van der Waals surface area contributed by atoms with E-state index in [1.54, 1.807) is 12.0 Å². The lowest BCUT2D eigenvalue weighted by Gasteiger charge is -2.42. The molecule has 1 atom stereocenters. The highest BCUT2D eigenvalue weighted by atomic mass is 35.5. The summed E-state index contributed by atoms with van der Waals surface area (Å²) >= 11 is 7.47. The van der Waals surface area contributed by atoms with E-state index in [1.165, 1.54) is 11.8 Å². The third-order valence-corrected chi connectivity index (χ3v) is 7.74. The molecule has 1 saturated heterocycles. The molecule has 1 fully saturated rings. The fourth-order valence-electron chi connectivity index (χ4n) is 4.35. The summed E-state index contributed by atoms with van der Waals surface area (Å²) in [6.45, 7) is 0.852. The number of allylic oxidation sites excluding steroid dienone is 1. The molecule has 0 spiro atoms. The molecule has 1 amide bonds. The van der Waals surface area contributed by atoms with E-state index < -0.39 is 0 Å². The Morgan fingerprint density at radius 2 is 1.72 bits per heavy atom. The van der Waals surface area contributed by atoms with Gasteiger partial charge in [0.15, 0.2) is 0 Å². The van der Waals surface area contributed by atoms with Crippen LogP contribution in [0.3, 0.4) is 0 Å². The number of methoxy groups -OCH3 is 1. The minimum Gasteiger partial charge on any atom is -0.497 e. The number of nitrogens with zero attached hydrogens (tertiary/aromatic N) is 3. The average Bonchev–Trinajstić information content (AvgIpc) is 2.93. The topological polar surface area (TPSA) is 65.8 Å². The fourth-order valence-corrected chi connectivity index (χ4v) is 5.64. The van der Waals surface area contributed by atoms with Crippen LogP contribution in [0.2, 0.25) is 5.02 Å². The number of ether oxygens (including phenoxy) is 2. The Hall–Kier alpha value is -3.60. The lowest BCUT2D eigenvalue weighted by molar-refractivity contribution is -0.129. The zero-order valence-electron chi connectivity index (χ0n) is 19.7. The largest absolute Gasteiger partial charge is 0.497 e. The second-order valence-electron chi connectivity index (χ2n) is 8.55. The van der Waals surface area contributed by atoms with Crippen molar-refractivity contribution < 1.29 is 14.3 Å². The van der Waals surface area contributed by atoms with Gasteiger partial charge in [-0.2, -0.15) is 5.26 Å². The van der Waals surface area contributed by atoms with Gasteiger partial charge in [0.05, 0.1) is 36.3 Å². The van der Waals surface area contributed by atoms with E-state index >= 15 is 0 Å². The number of fused-ring (bicyclic) bond motifs is 1. The molecule has 0 aromatic heterocycles.